The summed E-state index contributed by atoms with van der Waals surface area (Å²) in [7, 11) is 0. The third kappa shape index (κ3) is 3.94. The van der Waals surface area contributed by atoms with Crippen LogP contribution in [-0.2, 0) is 10.9 Å². The Bertz CT molecular complexity index is 466. The minimum absolute atomic E-state index is 0.245. The van der Waals surface area contributed by atoms with Gasteiger partial charge in [-0.1, -0.05) is 18.2 Å². The van der Waals surface area contributed by atoms with Gasteiger partial charge in [0.2, 0.25) is 0 Å². The number of halogens is 3. The Labute approximate surface area is 109 Å². The first-order chi connectivity index (χ1) is 8.77. The van der Waals surface area contributed by atoms with Crippen LogP contribution in [0, 0.1) is 11.3 Å². The normalized spacial score (nSPS) is 16.5. The van der Waals surface area contributed by atoms with Gasteiger partial charge >= 0.3 is 6.18 Å². The van der Waals surface area contributed by atoms with Crippen molar-refractivity contribution in [1.29, 1.82) is 5.26 Å². The third-order valence-electron chi connectivity index (χ3n) is 2.70. The highest BCUT2D eigenvalue weighted by Gasteiger charge is 2.35. The maximum Gasteiger partial charge on any atom is 0.416 e. The highest BCUT2D eigenvalue weighted by atomic mass is 19.4. The van der Waals surface area contributed by atoms with Crippen molar-refractivity contribution in [2.75, 3.05) is 0 Å². The van der Waals surface area contributed by atoms with Gasteiger partial charge in [-0.3, -0.25) is 0 Å². The summed E-state index contributed by atoms with van der Waals surface area (Å²) in [6.07, 6.45) is -7.55. The van der Waals surface area contributed by atoms with Crippen molar-refractivity contribution < 1.29 is 23.0 Å². The van der Waals surface area contributed by atoms with E-state index in [1.807, 2.05) is 0 Å². The molecule has 0 radical (unpaired) electrons. The van der Waals surface area contributed by atoms with Crippen molar-refractivity contribution in [3.63, 3.8) is 0 Å². The first kappa shape index (κ1) is 15.5. The van der Waals surface area contributed by atoms with Crippen LogP contribution < -0.4 is 0 Å². The predicted molar refractivity (Wildman–Crippen MR) is 62.0 cm³/mol. The monoisotopic (exact) mass is 273 g/mol. The molecule has 19 heavy (non-hydrogen) atoms. The number of alkyl halides is 3. The van der Waals surface area contributed by atoms with Gasteiger partial charge in [-0.15, -0.1) is 0 Å². The summed E-state index contributed by atoms with van der Waals surface area (Å²) >= 11 is 0. The molecule has 0 aliphatic heterocycles. The molecule has 6 heteroatoms. The number of hydrogen-bond donors (Lipinski definition) is 1. The van der Waals surface area contributed by atoms with E-state index in [9.17, 15) is 18.3 Å². The molecule has 0 aliphatic carbocycles. The van der Waals surface area contributed by atoms with Crippen LogP contribution in [0.2, 0.25) is 0 Å². The first-order valence-electron chi connectivity index (χ1n) is 5.66. The molecule has 3 atom stereocenters. The Morgan fingerprint density at radius 3 is 2.32 bits per heavy atom. The molecule has 104 valence electrons. The zero-order chi connectivity index (χ0) is 14.6. The Kier molecular flexibility index (Phi) is 4.92. The molecular formula is C13H14F3NO2. The Balaban J connectivity index is 3.10. The molecule has 0 fully saturated rings. The first-order valence-corrected chi connectivity index (χ1v) is 5.66. The summed E-state index contributed by atoms with van der Waals surface area (Å²) in [5.41, 5.74) is -1.15. The van der Waals surface area contributed by atoms with Crippen LogP contribution in [-0.4, -0.2) is 17.3 Å². The van der Waals surface area contributed by atoms with Crippen LogP contribution in [0.3, 0.4) is 0 Å². The Hall–Kier alpha value is -1.58. The molecular weight excluding hydrogens is 259 g/mol. The van der Waals surface area contributed by atoms with Crippen molar-refractivity contribution in [1.82, 2.24) is 0 Å². The second-order valence-electron chi connectivity index (χ2n) is 4.18. The molecule has 0 saturated heterocycles. The Morgan fingerprint density at radius 1 is 1.26 bits per heavy atom. The molecule has 1 aromatic rings. The fourth-order valence-corrected chi connectivity index (χ4v) is 1.49. The molecule has 1 aromatic carbocycles. The van der Waals surface area contributed by atoms with Gasteiger partial charge in [-0.05, 0) is 19.9 Å². The van der Waals surface area contributed by atoms with E-state index in [2.05, 4.69) is 0 Å². The minimum Gasteiger partial charge on any atom is -0.391 e. The average molecular weight is 273 g/mol. The zero-order valence-electron chi connectivity index (χ0n) is 10.5. The standard InChI is InChI=1S/C13H14F3NO2/c1-8(18)9(2)19-12(7-17)10-5-3-4-6-11(10)13(14,15)16/h3-6,8-9,12,18H,1-2H3. The molecule has 0 saturated carbocycles. The van der Waals surface area contributed by atoms with E-state index in [1.54, 1.807) is 6.07 Å². The number of rotatable bonds is 4. The SMILES string of the molecule is CC(O)C(C)OC(C#N)c1ccccc1C(F)(F)F. The van der Waals surface area contributed by atoms with Gasteiger partial charge in [0, 0.05) is 5.56 Å². The highest BCUT2D eigenvalue weighted by molar-refractivity contribution is 5.34. The lowest BCUT2D eigenvalue weighted by Gasteiger charge is -2.22. The summed E-state index contributed by atoms with van der Waals surface area (Å²) in [5.74, 6) is 0. The van der Waals surface area contributed by atoms with Crippen LogP contribution in [0.1, 0.15) is 31.1 Å². The number of benzene rings is 1. The number of nitriles is 1. The third-order valence-corrected chi connectivity index (χ3v) is 2.70. The number of aliphatic hydroxyl groups is 1. The molecule has 1 rings (SSSR count). The molecule has 3 unspecified atom stereocenters. The van der Waals surface area contributed by atoms with E-state index in [0.29, 0.717) is 0 Å². The summed E-state index contributed by atoms with van der Waals surface area (Å²) in [6, 6.07) is 6.44. The average Bonchev–Trinajstić information content (AvgIpc) is 2.34. The molecule has 0 aliphatic rings. The lowest BCUT2D eigenvalue weighted by Crippen LogP contribution is -2.25. The smallest absolute Gasteiger partial charge is 0.391 e. The van der Waals surface area contributed by atoms with Gasteiger partial charge in [0.1, 0.15) is 0 Å². The fraction of sp³-hybridized carbons (Fsp3) is 0.462. The van der Waals surface area contributed by atoms with E-state index < -0.39 is 30.1 Å². The summed E-state index contributed by atoms with van der Waals surface area (Å²) in [4.78, 5) is 0. The van der Waals surface area contributed by atoms with E-state index in [4.69, 9.17) is 10.00 Å². The molecule has 0 aromatic heterocycles. The second-order valence-corrected chi connectivity index (χ2v) is 4.18. The van der Waals surface area contributed by atoms with E-state index in [1.165, 1.54) is 32.0 Å². The number of hydrogen-bond acceptors (Lipinski definition) is 3. The topological polar surface area (TPSA) is 53.2 Å². The molecule has 1 N–H and O–H groups in total. The van der Waals surface area contributed by atoms with Gasteiger partial charge in [0.25, 0.3) is 0 Å². The summed E-state index contributed by atoms with van der Waals surface area (Å²) in [6.45, 7) is 2.93. The Morgan fingerprint density at radius 2 is 1.84 bits per heavy atom. The second kappa shape index (κ2) is 6.04. The molecule has 3 nitrogen and oxygen atoms in total. The molecule has 0 heterocycles. The largest absolute Gasteiger partial charge is 0.416 e. The van der Waals surface area contributed by atoms with Gasteiger partial charge in [0.05, 0.1) is 23.8 Å². The van der Waals surface area contributed by atoms with Crippen molar-refractivity contribution >= 4 is 0 Å². The lowest BCUT2D eigenvalue weighted by atomic mass is 10.0. The quantitative estimate of drug-likeness (QED) is 0.917. The van der Waals surface area contributed by atoms with Crippen molar-refractivity contribution in [3.8, 4) is 6.07 Å². The van der Waals surface area contributed by atoms with E-state index in [-0.39, 0.29) is 5.56 Å². The van der Waals surface area contributed by atoms with Gasteiger partial charge in [0.15, 0.2) is 6.10 Å². The van der Waals surface area contributed by atoms with Crippen LogP contribution in [0.5, 0.6) is 0 Å². The summed E-state index contributed by atoms with van der Waals surface area (Å²) < 4.78 is 43.7. The van der Waals surface area contributed by atoms with Gasteiger partial charge < -0.3 is 9.84 Å². The highest BCUT2D eigenvalue weighted by Crippen LogP contribution is 2.35. The molecule has 0 bridgehead atoms. The summed E-state index contributed by atoms with van der Waals surface area (Å²) in [5, 5.41) is 18.3. The maximum atomic E-state index is 12.8. The fourth-order valence-electron chi connectivity index (χ4n) is 1.49. The van der Waals surface area contributed by atoms with Crippen LogP contribution in [0.15, 0.2) is 24.3 Å². The molecule has 0 spiro atoms. The maximum absolute atomic E-state index is 12.8. The van der Waals surface area contributed by atoms with Crippen molar-refractivity contribution in [2.24, 2.45) is 0 Å². The van der Waals surface area contributed by atoms with E-state index in [0.717, 1.165) is 6.07 Å². The van der Waals surface area contributed by atoms with Crippen LogP contribution in [0.25, 0.3) is 0 Å². The zero-order valence-corrected chi connectivity index (χ0v) is 10.5. The number of ether oxygens (including phenoxy) is 1. The number of nitrogens with zero attached hydrogens (tertiary/aromatic N) is 1. The minimum atomic E-state index is -4.55. The van der Waals surface area contributed by atoms with E-state index >= 15 is 0 Å². The van der Waals surface area contributed by atoms with Gasteiger partial charge in [-0.25, -0.2) is 0 Å². The lowest BCUT2D eigenvalue weighted by molar-refractivity contribution is -0.139. The molecule has 0 amide bonds. The number of aliphatic hydroxyl groups excluding tert-OH is 1. The van der Waals surface area contributed by atoms with Crippen LogP contribution in [0.4, 0.5) is 13.2 Å². The van der Waals surface area contributed by atoms with Crippen LogP contribution >= 0.6 is 0 Å². The van der Waals surface area contributed by atoms with Crippen molar-refractivity contribution in [3.05, 3.63) is 35.4 Å². The van der Waals surface area contributed by atoms with Crippen molar-refractivity contribution in [2.45, 2.75) is 38.3 Å². The predicted octanol–water partition coefficient (Wildman–Crippen LogP) is 3.06. The van der Waals surface area contributed by atoms with Gasteiger partial charge in [-0.2, -0.15) is 18.4 Å².